The second kappa shape index (κ2) is 5.84. The van der Waals surface area contributed by atoms with E-state index in [4.69, 9.17) is 5.11 Å². The summed E-state index contributed by atoms with van der Waals surface area (Å²) in [7, 11) is 3.75. The molecule has 0 radical (unpaired) electrons. The van der Waals surface area contributed by atoms with Gasteiger partial charge in [0.2, 0.25) is 0 Å². The van der Waals surface area contributed by atoms with E-state index in [1.807, 2.05) is 19.0 Å². The Labute approximate surface area is 107 Å². The van der Waals surface area contributed by atoms with Crippen LogP contribution in [0.15, 0.2) is 24.3 Å². The van der Waals surface area contributed by atoms with Gasteiger partial charge in [-0.1, -0.05) is 12.1 Å². The Morgan fingerprint density at radius 2 is 2.00 bits per heavy atom. The minimum Gasteiger partial charge on any atom is -0.478 e. The molecule has 1 aromatic carbocycles. The van der Waals surface area contributed by atoms with Crippen molar-refractivity contribution in [1.29, 1.82) is 0 Å². The molecule has 3 N–H and O–H groups in total. The predicted molar refractivity (Wildman–Crippen MR) is 71.1 cm³/mol. The molecular weight excluding hydrogens is 232 g/mol. The van der Waals surface area contributed by atoms with Crippen molar-refractivity contribution in [2.75, 3.05) is 32.5 Å². The maximum absolute atomic E-state index is 11.0. The van der Waals surface area contributed by atoms with E-state index < -0.39 is 11.6 Å². The summed E-state index contributed by atoms with van der Waals surface area (Å²) < 4.78 is 0. The Kier molecular flexibility index (Phi) is 4.69. The molecule has 1 atom stereocenters. The maximum Gasteiger partial charge on any atom is 0.337 e. The lowest BCUT2D eigenvalue weighted by molar-refractivity contribution is 0.0458. The van der Waals surface area contributed by atoms with Crippen LogP contribution in [0.1, 0.15) is 17.3 Å². The van der Waals surface area contributed by atoms with Gasteiger partial charge in [-0.15, -0.1) is 0 Å². The first-order chi connectivity index (χ1) is 8.32. The summed E-state index contributed by atoms with van der Waals surface area (Å²) in [5, 5.41) is 22.1. The Balaban J connectivity index is 2.71. The van der Waals surface area contributed by atoms with Gasteiger partial charge in [0.15, 0.2) is 0 Å². The fourth-order valence-electron chi connectivity index (χ4n) is 1.85. The van der Waals surface area contributed by atoms with Gasteiger partial charge in [-0.25, -0.2) is 4.79 Å². The summed E-state index contributed by atoms with van der Waals surface area (Å²) in [4.78, 5) is 12.9. The summed E-state index contributed by atoms with van der Waals surface area (Å²) in [6.07, 6.45) is 0. The molecule has 0 amide bonds. The number of nitrogens with zero attached hydrogens (tertiary/aromatic N) is 1. The van der Waals surface area contributed by atoms with E-state index in [9.17, 15) is 9.90 Å². The van der Waals surface area contributed by atoms with Gasteiger partial charge in [-0.3, -0.25) is 0 Å². The average Bonchev–Trinajstić information content (AvgIpc) is 2.25. The summed E-state index contributed by atoms with van der Waals surface area (Å²) in [6, 6.07) is 6.66. The van der Waals surface area contributed by atoms with Crippen molar-refractivity contribution in [3.8, 4) is 0 Å². The van der Waals surface area contributed by atoms with E-state index in [0.717, 1.165) is 0 Å². The summed E-state index contributed by atoms with van der Waals surface area (Å²) >= 11 is 0. The number of anilines is 1. The van der Waals surface area contributed by atoms with Crippen LogP contribution in [0.25, 0.3) is 0 Å². The summed E-state index contributed by atoms with van der Waals surface area (Å²) in [5.74, 6) is -0.981. The monoisotopic (exact) mass is 252 g/mol. The molecule has 1 rings (SSSR count). The molecule has 5 nitrogen and oxygen atoms in total. The fraction of sp³-hybridized carbons (Fsp3) is 0.462. The fourth-order valence-corrected chi connectivity index (χ4v) is 1.85. The lowest BCUT2D eigenvalue weighted by Gasteiger charge is -2.27. The highest BCUT2D eigenvalue weighted by atomic mass is 16.4. The zero-order chi connectivity index (χ0) is 13.8. The molecule has 0 bridgehead atoms. The van der Waals surface area contributed by atoms with Crippen LogP contribution in [0.4, 0.5) is 5.69 Å². The molecule has 100 valence electrons. The summed E-state index contributed by atoms with van der Waals surface area (Å²) in [6.45, 7) is 2.49. The van der Waals surface area contributed by atoms with E-state index in [-0.39, 0.29) is 12.1 Å². The van der Waals surface area contributed by atoms with E-state index in [1.54, 1.807) is 25.1 Å². The van der Waals surface area contributed by atoms with Crippen LogP contribution in [-0.2, 0) is 0 Å². The van der Waals surface area contributed by atoms with Crippen LogP contribution < -0.4 is 5.32 Å². The van der Waals surface area contributed by atoms with Gasteiger partial charge >= 0.3 is 5.97 Å². The van der Waals surface area contributed by atoms with Gasteiger partial charge in [0.25, 0.3) is 0 Å². The molecular formula is C13H20N2O3. The highest BCUT2D eigenvalue weighted by molar-refractivity contribution is 5.94. The first kappa shape index (κ1) is 14.5. The SMILES string of the molecule is CN(C)CC(C)(O)CNc1ccccc1C(=O)O. The van der Waals surface area contributed by atoms with Gasteiger partial charge in [-0.05, 0) is 33.2 Å². The molecule has 0 spiro atoms. The van der Waals surface area contributed by atoms with Crippen molar-refractivity contribution in [1.82, 2.24) is 4.90 Å². The van der Waals surface area contributed by atoms with Gasteiger partial charge in [-0.2, -0.15) is 0 Å². The van der Waals surface area contributed by atoms with E-state index in [0.29, 0.717) is 12.2 Å². The van der Waals surface area contributed by atoms with Crippen molar-refractivity contribution >= 4 is 11.7 Å². The molecule has 0 fully saturated rings. The number of carbonyl (C=O) groups is 1. The molecule has 0 aliphatic carbocycles. The molecule has 0 aliphatic heterocycles. The smallest absolute Gasteiger partial charge is 0.337 e. The van der Waals surface area contributed by atoms with Crippen molar-refractivity contribution < 1.29 is 15.0 Å². The van der Waals surface area contributed by atoms with Crippen molar-refractivity contribution in [2.24, 2.45) is 0 Å². The highest BCUT2D eigenvalue weighted by Gasteiger charge is 2.21. The number of aliphatic hydroxyl groups is 1. The highest BCUT2D eigenvalue weighted by Crippen LogP contribution is 2.16. The Morgan fingerprint density at radius 1 is 1.39 bits per heavy atom. The molecule has 0 saturated heterocycles. The van der Waals surface area contributed by atoms with Crippen LogP contribution in [0.3, 0.4) is 0 Å². The molecule has 0 saturated carbocycles. The minimum atomic E-state index is -0.981. The van der Waals surface area contributed by atoms with Crippen molar-refractivity contribution in [3.63, 3.8) is 0 Å². The quantitative estimate of drug-likeness (QED) is 0.707. The largest absolute Gasteiger partial charge is 0.478 e. The first-order valence-corrected chi connectivity index (χ1v) is 5.75. The summed E-state index contributed by atoms with van der Waals surface area (Å²) in [5.41, 5.74) is -0.197. The lowest BCUT2D eigenvalue weighted by Crippen LogP contribution is -2.43. The zero-order valence-electron chi connectivity index (χ0n) is 11.0. The topological polar surface area (TPSA) is 72.8 Å². The third-order valence-electron chi connectivity index (χ3n) is 2.47. The second-order valence-corrected chi connectivity index (χ2v) is 4.94. The third-order valence-corrected chi connectivity index (χ3v) is 2.47. The van der Waals surface area contributed by atoms with Gasteiger partial charge in [0.1, 0.15) is 0 Å². The Bertz CT molecular complexity index is 416. The van der Waals surface area contributed by atoms with E-state index in [1.165, 1.54) is 6.07 Å². The molecule has 18 heavy (non-hydrogen) atoms. The predicted octanol–water partition coefficient (Wildman–Crippen LogP) is 1.11. The third kappa shape index (κ3) is 4.35. The van der Waals surface area contributed by atoms with Gasteiger partial charge < -0.3 is 20.4 Å². The number of aromatic carboxylic acids is 1. The maximum atomic E-state index is 11.0. The standard InChI is InChI=1S/C13H20N2O3/c1-13(18,9-15(2)3)8-14-11-7-5-4-6-10(11)12(16)17/h4-7,14,18H,8-9H2,1-3H3,(H,16,17). The molecule has 1 unspecified atom stereocenters. The molecule has 0 aliphatic rings. The molecule has 0 heterocycles. The number of carboxylic acid groups (broad SMARTS) is 1. The molecule has 0 aromatic heterocycles. The lowest BCUT2D eigenvalue weighted by atomic mass is 10.1. The number of rotatable bonds is 6. The zero-order valence-corrected chi connectivity index (χ0v) is 11.0. The van der Waals surface area contributed by atoms with Crippen LogP contribution >= 0.6 is 0 Å². The van der Waals surface area contributed by atoms with Crippen molar-refractivity contribution in [2.45, 2.75) is 12.5 Å². The first-order valence-electron chi connectivity index (χ1n) is 5.75. The van der Waals surface area contributed by atoms with Crippen molar-refractivity contribution in [3.05, 3.63) is 29.8 Å². The average molecular weight is 252 g/mol. The van der Waals surface area contributed by atoms with Gasteiger partial charge in [0, 0.05) is 18.8 Å². The molecule has 1 aromatic rings. The van der Waals surface area contributed by atoms with E-state index in [2.05, 4.69) is 5.32 Å². The number of likely N-dealkylation sites (N-methyl/N-ethyl adjacent to an activating group) is 1. The number of benzene rings is 1. The number of para-hydroxylation sites is 1. The van der Waals surface area contributed by atoms with Gasteiger partial charge in [0.05, 0.1) is 11.2 Å². The van der Waals surface area contributed by atoms with Crippen LogP contribution in [-0.4, -0.2) is 53.9 Å². The Hall–Kier alpha value is -1.59. The number of hydrogen-bond acceptors (Lipinski definition) is 4. The van der Waals surface area contributed by atoms with E-state index >= 15 is 0 Å². The normalized spacial score (nSPS) is 14.3. The number of hydrogen-bond donors (Lipinski definition) is 3. The minimum absolute atomic E-state index is 0.207. The number of nitrogens with one attached hydrogen (secondary N) is 1. The van der Waals surface area contributed by atoms with Crippen LogP contribution in [0.5, 0.6) is 0 Å². The number of carboxylic acids is 1. The second-order valence-electron chi connectivity index (χ2n) is 4.94. The van der Waals surface area contributed by atoms with Crippen LogP contribution in [0, 0.1) is 0 Å². The molecule has 5 heteroatoms. The Morgan fingerprint density at radius 3 is 2.56 bits per heavy atom. The van der Waals surface area contributed by atoms with Crippen LogP contribution in [0.2, 0.25) is 0 Å².